The zero-order valence-electron chi connectivity index (χ0n) is 16.2. The normalized spacial score (nSPS) is 11.1. The average Bonchev–Trinajstić information content (AvgIpc) is 3.11. The van der Waals surface area contributed by atoms with E-state index in [2.05, 4.69) is 25.4 Å². The van der Waals surface area contributed by atoms with E-state index < -0.39 is 4.92 Å². The number of nitrogens with zero attached hydrogens (tertiary/aromatic N) is 5. The van der Waals surface area contributed by atoms with Gasteiger partial charge in [0.25, 0.3) is 5.69 Å². The number of hydrogen-bond donors (Lipinski definition) is 1. The van der Waals surface area contributed by atoms with Gasteiger partial charge in [-0.3, -0.25) is 14.9 Å². The van der Waals surface area contributed by atoms with Crippen LogP contribution in [0, 0.1) is 10.1 Å². The highest BCUT2D eigenvalue weighted by Crippen LogP contribution is 2.35. The van der Waals surface area contributed by atoms with E-state index >= 15 is 0 Å². The first-order valence-corrected chi connectivity index (χ1v) is 9.86. The maximum Gasteiger partial charge on any atom is 0.296 e. The Labute approximate surface area is 171 Å². The number of anilines is 2. The van der Waals surface area contributed by atoms with Crippen molar-refractivity contribution in [2.75, 3.05) is 23.3 Å². The molecule has 0 saturated carbocycles. The number of amides is 1. The van der Waals surface area contributed by atoms with Crippen molar-refractivity contribution in [1.29, 1.82) is 0 Å². The second-order valence-corrected chi connectivity index (χ2v) is 7.14. The van der Waals surface area contributed by atoms with Crippen LogP contribution in [0.2, 0.25) is 0 Å². The van der Waals surface area contributed by atoms with Crippen LogP contribution in [0.4, 0.5) is 27.9 Å². The molecule has 3 rings (SSSR count). The molecule has 0 aliphatic heterocycles. The van der Waals surface area contributed by atoms with Gasteiger partial charge in [0.1, 0.15) is 0 Å². The molecular weight excluding hydrogens is 392 g/mol. The first kappa shape index (κ1) is 20.3. The molecule has 3 aromatic rings. The predicted molar refractivity (Wildman–Crippen MR) is 115 cm³/mol. The first-order valence-electron chi connectivity index (χ1n) is 9.05. The third-order valence-electron chi connectivity index (χ3n) is 4.23. The molecule has 0 spiro atoms. The summed E-state index contributed by atoms with van der Waals surface area (Å²) < 4.78 is 0.670. The largest absolute Gasteiger partial charge is 0.370 e. The Hall–Kier alpha value is -3.40. The van der Waals surface area contributed by atoms with Crippen molar-refractivity contribution < 1.29 is 9.72 Å². The minimum Gasteiger partial charge on any atom is -0.370 e. The van der Waals surface area contributed by atoms with Crippen LogP contribution in [0.3, 0.4) is 0 Å². The monoisotopic (exact) mass is 412 g/mol. The number of rotatable bonds is 7. The van der Waals surface area contributed by atoms with E-state index in [0.717, 1.165) is 18.8 Å². The molecule has 0 atom stereocenters. The first-order chi connectivity index (χ1) is 13.9. The Bertz CT molecular complexity index is 1090. The summed E-state index contributed by atoms with van der Waals surface area (Å²) in [5.41, 5.74) is 2.33. The SMILES string of the molecule is CCN(CC)c1ccc(N=Nc2nc3c([N+](=O)[O-])cccc3s2)cc1NC(C)=O. The van der Waals surface area contributed by atoms with Crippen LogP contribution in [-0.2, 0) is 4.79 Å². The molecule has 9 nitrogen and oxygen atoms in total. The number of carbonyl (C=O) groups excluding carboxylic acids is 1. The van der Waals surface area contributed by atoms with Crippen molar-refractivity contribution >= 4 is 55.3 Å². The van der Waals surface area contributed by atoms with E-state index in [1.165, 1.54) is 24.3 Å². The number of nitrogens with one attached hydrogen (secondary N) is 1. The summed E-state index contributed by atoms with van der Waals surface area (Å²) in [6.07, 6.45) is 0. The van der Waals surface area contributed by atoms with E-state index in [4.69, 9.17) is 0 Å². The van der Waals surface area contributed by atoms with Gasteiger partial charge < -0.3 is 10.2 Å². The van der Waals surface area contributed by atoms with Crippen LogP contribution in [-0.4, -0.2) is 28.9 Å². The number of non-ortho nitro benzene ring substituents is 1. The lowest BCUT2D eigenvalue weighted by molar-refractivity contribution is -0.383. The lowest BCUT2D eigenvalue weighted by Gasteiger charge is -2.24. The number of thiazole rings is 1. The van der Waals surface area contributed by atoms with Crippen molar-refractivity contribution in [2.24, 2.45) is 10.2 Å². The van der Waals surface area contributed by atoms with Gasteiger partial charge in [0.05, 0.1) is 26.7 Å². The van der Waals surface area contributed by atoms with Crippen LogP contribution in [0.15, 0.2) is 46.6 Å². The lowest BCUT2D eigenvalue weighted by Crippen LogP contribution is -2.23. The third-order valence-corrected chi connectivity index (χ3v) is 5.13. The Morgan fingerprint density at radius 2 is 2.00 bits per heavy atom. The molecule has 29 heavy (non-hydrogen) atoms. The fourth-order valence-electron chi connectivity index (χ4n) is 2.93. The number of nitro groups is 1. The maximum absolute atomic E-state index is 11.6. The lowest BCUT2D eigenvalue weighted by atomic mass is 10.2. The molecule has 1 heterocycles. The van der Waals surface area contributed by atoms with Gasteiger partial charge in [-0.05, 0) is 38.1 Å². The summed E-state index contributed by atoms with van der Waals surface area (Å²) in [6, 6.07) is 10.2. The molecule has 0 unspecified atom stereocenters. The molecule has 0 bridgehead atoms. The number of aromatic nitrogens is 1. The predicted octanol–water partition coefficient (Wildman–Crippen LogP) is 5.42. The Kier molecular flexibility index (Phi) is 6.13. The molecule has 150 valence electrons. The minimum atomic E-state index is -0.464. The van der Waals surface area contributed by atoms with Gasteiger partial charge in [-0.2, -0.15) is 0 Å². The smallest absolute Gasteiger partial charge is 0.296 e. The number of fused-ring (bicyclic) bond motifs is 1. The quantitative estimate of drug-likeness (QED) is 0.316. The van der Waals surface area contributed by atoms with E-state index in [0.29, 0.717) is 26.7 Å². The molecule has 0 saturated heterocycles. The molecule has 1 N–H and O–H groups in total. The minimum absolute atomic E-state index is 0.0586. The molecule has 1 aromatic heterocycles. The fourth-order valence-corrected chi connectivity index (χ4v) is 3.74. The van der Waals surface area contributed by atoms with Crippen LogP contribution in [0.1, 0.15) is 20.8 Å². The molecule has 0 aliphatic rings. The van der Waals surface area contributed by atoms with Crippen molar-refractivity contribution in [3.8, 4) is 0 Å². The van der Waals surface area contributed by atoms with Crippen molar-refractivity contribution in [1.82, 2.24) is 4.98 Å². The summed E-state index contributed by atoms with van der Waals surface area (Å²) in [5.74, 6) is -0.175. The van der Waals surface area contributed by atoms with Crippen LogP contribution in [0.5, 0.6) is 0 Å². The van der Waals surface area contributed by atoms with Crippen molar-refractivity contribution in [2.45, 2.75) is 20.8 Å². The third kappa shape index (κ3) is 4.54. The molecule has 1 amide bonds. The number of nitro benzene ring substituents is 1. The van der Waals surface area contributed by atoms with Gasteiger partial charge in [-0.25, -0.2) is 4.98 Å². The van der Waals surface area contributed by atoms with Gasteiger partial charge in [0, 0.05) is 26.1 Å². The summed E-state index contributed by atoms with van der Waals surface area (Å²) in [7, 11) is 0. The average molecular weight is 412 g/mol. The van der Waals surface area contributed by atoms with E-state index in [1.54, 1.807) is 24.3 Å². The maximum atomic E-state index is 11.6. The molecule has 2 aromatic carbocycles. The van der Waals surface area contributed by atoms with Gasteiger partial charge in [0.15, 0.2) is 5.52 Å². The zero-order valence-corrected chi connectivity index (χ0v) is 17.1. The van der Waals surface area contributed by atoms with Gasteiger partial charge in [0.2, 0.25) is 11.0 Å². The van der Waals surface area contributed by atoms with Gasteiger partial charge in [-0.1, -0.05) is 17.4 Å². The van der Waals surface area contributed by atoms with E-state index in [-0.39, 0.29) is 11.6 Å². The topological polar surface area (TPSA) is 113 Å². The fraction of sp³-hybridized carbons (Fsp3) is 0.263. The summed E-state index contributed by atoms with van der Waals surface area (Å²) >= 11 is 1.22. The molecule has 0 fully saturated rings. The van der Waals surface area contributed by atoms with Crippen molar-refractivity contribution in [3.63, 3.8) is 0 Å². The van der Waals surface area contributed by atoms with Crippen LogP contribution >= 0.6 is 11.3 Å². The number of hydrogen-bond acceptors (Lipinski definition) is 8. The summed E-state index contributed by atoms with van der Waals surface area (Å²) in [5, 5.41) is 22.6. The van der Waals surface area contributed by atoms with Gasteiger partial charge in [-0.15, -0.1) is 10.2 Å². The zero-order chi connectivity index (χ0) is 21.0. The highest BCUT2D eigenvalue weighted by Gasteiger charge is 2.16. The number of para-hydroxylation sites is 1. The second kappa shape index (κ2) is 8.74. The Morgan fingerprint density at radius 1 is 1.24 bits per heavy atom. The van der Waals surface area contributed by atoms with Crippen LogP contribution in [0.25, 0.3) is 10.2 Å². The molecule has 0 aliphatic carbocycles. The number of azo groups is 1. The van der Waals surface area contributed by atoms with Gasteiger partial charge >= 0.3 is 0 Å². The second-order valence-electron chi connectivity index (χ2n) is 6.13. The van der Waals surface area contributed by atoms with E-state index in [9.17, 15) is 14.9 Å². The summed E-state index contributed by atoms with van der Waals surface area (Å²) in [4.78, 5) is 28.6. The van der Waals surface area contributed by atoms with Crippen molar-refractivity contribution in [3.05, 3.63) is 46.5 Å². The highest BCUT2D eigenvalue weighted by molar-refractivity contribution is 7.22. The van der Waals surface area contributed by atoms with Crippen LogP contribution < -0.4 is 10.2 Å². The number of benzene rings is 2. The molecule has 10 heteroatoms. The standard InChI is InChI=1S/C19H20N6O3S/c1-4-24(5-2)15-10-9-13(11-14(15)20-12(3)26)22-23-19-21-18-16(25(27)28)7-6-8-17(18)29-19/h6-11H,4-5H2,1-3H3,(H,20,26). The summed E-state index contributed by atoms with van der Waals surface area (Å²) in [6.45, 7) is 7.14. The molecule has 0 radical (unpaired) electrons. The Balaban J connectivity index is 1.94. The molecular formula is C19H20N6O3S. The number of carbonyl (C=O) groups is 1. The Morgan fingerprint density at radius 3 is 2.66 bits per heavy atom. The van der Waals surface area contributed by atoms with E-state index in [1.807, 2.05) is 19.9 Å². The highest BCUT2D eigenvalue weighted by atomic mass is 32.1.